The molecule has 2 heterocycles. The highest BCUT2D eigenvalue weighted by Crippen LogP contribution is 2.36. The minimum Gasteiger partial charge on any atom is -0.497 e. The van der Waals surface area contributed by atoms with Gasteiger partial charge >= 0.3 is 17.9 Å². The topological polar surface area (TPSA) is 177 Å². The molecule has 1 amide bonds. The van der Waals surface area contributed by atoms with Crippen molar-refractivity contribution in [3.8, 4) is 5.75 Å². The van der Waals surface area contributed by atoms with Crippen LogP contribution in [0.4, 0.5) is 11.4 Å². The number of halogens is 3. The van der Waals surface area contributed by atoms with Crippen LogP contribution in [0.1, 0.15) is 171 Å². The number of anilines is 2. The van der Waals surface area contributed by atoms with Crippen molar-refractivity contribution in [3.05, 3.63) is 170 Å². The SMILES string of the molecule is CC(C)(C)CCOC(=O)[C@@H]1CCCN1C(=O)Cc1ccccc1Nc1c(Cl)cccc1Cl.COc1ccc2c(c1)c(CC(=O)CCC(=O)OCCC(C)(C)C)c(C)n2C(=O)c1ccc(Cl)cc1.Cc1ccc2cc([C@H](C)C(=O)CCC(=O)OCCC(C)(C)C)ccc2c1. The van der Waals surface area contributed by atoms with Gasteiger partial charge in [-0.2, -0.15) is 0 Å². The number of methoxy groups -OCH3 is 1. The molecular weight excluding hydrogens is 1240 g/mol. The summed E-state index contributed by atoms with van der Waals surface area (Å²) in [4.78, 5) is 90.0. The molecule has 2 atom stereocenters. The van der Waals surface area contributed by atoms with E-state index in [-0.39, 0.29) is 102 Å². The first kappa shape index (κ1) is 74.5. The molecule has 498 valence electrons. The maximum atomic E-state index is 13.4. The van der Waals surface area contributed by atoms with E-state index in [0.29, 0.717) is 76.1 Å². The van der Waals surface area contributed by atoms with E-state index in [0.717, 1.165) is 58.8 Å². The lowest BCUT2D eigenvalue weighted by atomic mass is 9.92. The number of carbonyl (C=O) groups is 7. The van der Waals surface area contributed by atoms with E-state index in [9.17, 15) is 33.6 Å². The first-order valence-corrected chi connectivity index (χ1v) is 33.0. The lowest BCUT2D eigenvalue weighted by Crippen LogP contribution is -2.42. The summed E-state index contributed by atoms with van der Waals surface area (Å²) in [5.74, 6) is -0.895. The molecule has 0 spiro atoms. The van der Waals surface area contributed by atoms with Crippen LogP contribution in [-0.4, -0.2) is 90.3 Å². The molecular formula is C76H92Cl3N3O11. The predicted octanol–water partition coefficient (Wildman–Crippen LogP) is 18.0. The number of aromatic nitrogens is 1. The van der Waals surface area contributed by atoms with Crippen molar-refractivity contribution in [1.29, 1.82) is 0 Å². The average Bonchev–Trinajstić information content (AvgIpc) is 1.62. The van der Waals surface area contributed by atoms with Crippen molar-refractivity contribution in [2.75, 3.05) is 38.8 Å². The maximum Gasteiger partial charge on any atom is 0.328 e. The molecule has 7 aromatic rings. The zero-order chi connectivity index (χ0) is 68.4. The number of para-hydroxylation sites is 2. The number of nitrogens with zero attached hydrogens (tertiary/aromatic N) is 2. The fourth-order valence-electron chi connectivity index (χ4n) is 10.4. The van der Waals surface area contributed by atoms with Gasteiger partial charge in [-0.15, -0.1) is 0 Å². The highest BCUT2D eigenvalue weighted by molar-refractivity contribution is 6.39. The Kier molecular flexibility index (Phi) is 27.3. The standard InChI is InChI=1S/C28H32ClNO5.C25H30Cl2N2O3.C23H30O3/c1-18-23(16-21(31)10-13-26(32)35-15-14-28(2,3)4)24-17-22(34-5)11-12-25(24)30(18)27(33)19-6-8-20(29)9-7-19;1-25(2,3)13-15-32-24(31)21-12-7-14-29(21)22(30)16-17-8-4-5-11-20(17)28-23-18(26)9-6-10-19(23)27;1-16-6-7-20-15-18(8-9-19(20)14-16)17(2)21(24)10-11-22(25)26-13-12-23(3,4)5/h6-9,11-12,17H,10,13-16H2,1-5H3;4-6,8-11,21,28H,7,12-16H2,1-3H3;6-9,14-15,17H,10-13H2,1-5H3/t;21-;17-/m.00/s1. The number of rotatable bonds is 23. The normalized spacial score (nSPS) is 13.5. The van der Waals surface area contributed by atoms with E-state index in [1.807, 2.05) is 56.3 Å². The summed E-state index contributed by atoms with van der Waals surface area (Å²) in [6.07, 6.45) is 4.54. The Morgan fingerprint density at radius 2 is 1.20 bits per heavy atom. The number of Topliss-reactive ketones (excluding diaryl/α,β-unsaturated/α-hetero) is 2. The van der Waals surface area contributed by atoms with Gasteiger partial charge in [0.25, 0.3) is 5.91 Å². The number of aryl methyl sites for hydroxylation is 1. The molecule has 0 unspecified atom stereocenters. The van der Waals surface area contributed by atoms with Crippen LogP contribution in [0.3, 0.4) is 0 Å². The van der Waals surface area contributed by atoms with E-state index < -0.39 is 6.04 Å². The van der Waals surface area contributed by atoms with Crippen LogP contribution < -0.4 is 10.1 Å². The molecule has 6 aromatic carbocycles. The monoisotopic (exact) mass is 1330 g/mol. The van der Waals surface area contributed by atoms with E-state index in [4.69, 9.17) is 53.8 Å². The van der Waals surface area contributed by atoms with Crippen molar-refractivity contribution < 1.29 is 52.5 Å². The third-order valence-corrected chi connectivity index (χ3v) is 17.0. The number of ketones is 2. The maximum absolute atomic E-state index is 13.4. The van der Waals surface area contributed by atoms with E-state index in [1.54, 1.807) is 65.1 Å². The molecule has 0 radical (unpaired) electrons. The smallest absolute Gasteiger partial charge is 0.328 e. The van der Waals surface area contributed by atoms with Crippen molar-refractivity contribution >= 4 is 109 Å². The summed E-state index contributed by atoms with van der Waals surface area (Å²) in [7, 11) is 1.57. The summed E-state index contributed by atoms with van der Waals surface area (Å²) < 4.78 is 23.0. The number of fused-ring (bicyclic) bond motifs is 2. The van der Waals surface area contributed by atoms with Crippen molar-refractivity contribution in [3.63, 3.8) is 0 Å². The van der Waals surface area contributed by atoms with Crippen molar-refractivity contribution in [1.82, 2.24) is 9.47 Å². The Morgan fingerprint density at radius 1 is 0.624 bits per heavy atom. The first-order chi connectivity index (χ1) is 43.8. The van der Waals surface area contributed by atoms with Gasteiger partial charge in [0, 0.05) is 59.1 Å². The quantitative estimate of drug-likeness (QED) is 0.0474. The second-order valence-corrected chi connectivity index (χ2v) is 28.7. The van der Waals surface area contributed by atoms with Crippen LogP contribution in [0.25, 0.3) is 21.7 Å². The lowest BCUT2D eigenvalue weighted by molar-refractivity contribution is -0.153. The number of esters is 3. The molecule has 17 heteroatoms. The van der Waals surface area contributed by atoms with Gasteiger partial charge in [0.15, 0.2) is 0 Å². The number of likely N-dealkylation sites (tertiary alicyclic amines) is 1. The molecule has 1 aromatic heterocycles. The molecule has 0 aliphatic carbocycles. The zero-order valence-corrected chi connectivity index (χ0v) is 58.6. The third-order valence-electron chi connectivity index (χ3n) is 16.1. The minimum absolute atomic E-state index is 0.0354. The molecule has 1 aliphatic heterocycles. The van der Waals surface area contributed by atoms with Gasteiger partial charge in [-0.3, -0.25) is 33.3 Å². The number of ether oxygens (including phenoxy) is 4. The van der Waals surface area contributed by atoms with Gasteiger partial charge in [-0.05, 0) is 150 Å². The van der Waals surface area contributed by atoms with Crippen LogP contribution >= 0.6 is 34.8 Å². The van der Waals surface area contributed by atoms with Gasteiger partial charge in [0.1, 0.15) is 23.4 Å². The van der Waals surface area contributed by atoms with Gasteiger partial charge in [-0.1, -0.05) is 170 Å². The molecule has 1 fully saturated rings. The number of hydrogen-bond donors (Lipinski definition) is 1. The molecule has 14 nitrogen and oxygen atoms in total. The molecule has 1 aliphatic rings. The Labute approximate surface area is 564 Å². The molecule has 1 N–H and O–H groups in total. The van der Waals surface area contributed by atoms with Crippen LogP contribution in [0, 0.1) is 30.1 Å². The van der Waals surface area contributed by atoms with E-state index >= 15 is 0 Å². The molecule has 0 saturated carbocycles. The van der Waals surface area contributed by atoms with Crippen molar-refractivity contribution in [2.24, 2.45) is 16.2 Å². The molecule has 1 saturated heterocycles. The Balaban J connectivity index is 0.000000224. The van der Waals surface area contributed by atoms with Crippen LogP contribution in [0.5, 0.6) is 5.75 Å². The minimum atomic E-state index is -0.513. The molecule has 93 heavy (non-hydrogen) atoms. The summed E-state index contributed by atoms with van der Waals surface area (Å²) in [5, 5.41) is 7.87. The fraction of sp³-hybridized carbons (Fsp3) is 0.434. The van der Waals surface area contributed by atoms with E-state index in [2.05, 4.69) is 105 Å². The molecule has 0 bridgehead atoms. The number of benzene rings is 6. The first-order valence-electron chi connectivity index (χ1n) is 31.9. The lowest BCUT2D eigenvalue weighted by Gasteiger charge is -2.25. The zero-order valence-electron chi connectivity index (χ0n) is 56.3. The molecule has 8 rings (SSSR count). The number of hydrogen-bond acceptors (Lipinski definition) is 12. The predicted molar refractivity (Wildman–Crippen MR) is 373 cm³/mol. The Morgan fingerprint density at radius 3 is 1.82 bits per heavy atom. The highest BCUT2D eigenvalue weighted by Gasteiger charge is 2.36. The Bertz CT molecular complexity index is 3740. The largest absolute Gasteiger partial charge is 0.497 e. The van der Waals surface area contributed by atoms with E-state index in [1.165, 1.54) is 10.9 Å². The highest BCUT2D eigenvalue weighted by atomic mass is 35.5. The average molecular weight is 1330 g/mol. The van der Waals surface area contributed by atoms with Gasteiger partial charge in [0.05, 0.1) is 67.4 Å². The summed E-state index contributed by atoms with van der Waals surface area (Å²) >= 11 is 18.6. The van der Waals surface area contributed by atoms with Gasteiger partial charge in [-0.25, -0.2) is 4.79 Å². The van der Waals surface area contributed by atoms with Crippen LogP contribution in [0.2, 0.25) is 15.1 Å². The fourth-order valence-corrected chi connectivity index (χ4v) is 11.0. The number of carbonyl (C=O) groups excluding carboxylic acids is 7. The third kappa shape index (κ3) is 23.2. The van der Waals surface area contributed by atoms with Gasteiger partial charge < -0.3 is 29.2 Å². The second-order valence-electron chi connectivity index (χ2n) is 27.4. The second kappa shape index (κ2) is 34.1. The summed E-state index contributed by atoms with van der Waals surface area (Å²) in [6, 6.07) is 36.8. The summed E-state index contributed by atoms with van der Waals surface area (Å²) in [5.41, 5.74) is 7.26. The summed E-state index contributed by atoms with van der Waals surface area (Å²) in [6.45, 7) is 26.4. The number of nitrogens with one attached hydrogen (secondary N) is 1. The van der Waals surface area contributed by atoms with Crippen molar-refractivity contribution in [2.45, 2.75) is 166 Å². The van der Waals surface area contributed by atoms with Gasteiger partial charge in [0.2, 0.25) is 5.91 Å². The Hall–Kier alpha value is -7.52. The van der Waals surface area contributed by atoms with Crippen LogP contribution in [0.15, 0.2) is 121 Å². The van der Waals surface area contributed by atoms with Crippen LogP contribution in [-0.2, 0) is 55.8 Å². The number of amides is 1.